The summed E-state index contributed by atoms with van der Waals surface area (Å²) in [4.78, 5) is 2.26. The Kier molecular flexibility index (Phi) is 8.11. The van der Waals surface area contributed by atoms with Gasteiger partial charge in [0.1, 0.15) is 0 Å². The van der Waals surface area contributed by atoms with Gasteiger partial charge in [0, 0.05) is 12.3 Å². The molecule has 0 amide bonds. The number of aliphatic hydroxyl groups excluding tert-OH is 2. The number of hydrogen-bond acceptors (Lipinski definition) is 3. The fourth-order valence-electron chi connectivity index (χ4n) is 5.14. The molecule has 1 aromatic rings. The summed E-state index contributed by atoms with van der Waals surface area (Å²) >= 11 is 0. The largest absolute Gasteiger partial charge is 0.392 e. The average molecular weight is 398 g/mol. The van der Waals surface area contributed by atoms with Crippen LogP contribution in [-0.4, -0.2) is 48.0 Å². The van der Waals surface area contributed by atoms with E-state index >= 15 is 0 Å². The van der Waals surface area contributed by atoms with E-state index in [1.165, 1.54) is 43.4 Å². The zero-order chi connectivity index (χ0) is 20.8. The Labute approximate surface area is 177 Å². The maximum Gasteiger partial charge on any atom is 0.0761 e. The van der Waals surface area contributed by atoms with E-state index in [1.807, 2.05) is 18.2 Å². The first-order valence-corrected chi connectivity index (χ1v) is 11.4. The maximum atomic E-state index is 10.6. The SMILES string of the molecule is Cc1ccccc1C[C@H](O)C=C[C@@H]1[C@H]2CC(CCCCCN(C)C)=C[C@H]2C[C@H]1O. The van der Waals surface area contributed by atoms with Crippen molar-refractivity contribution >= 4 is 0 Å². The summed E-state index contributed by atoms with van der Waals surface area (Å²) < 4.78 is 0. The van der Waals surface area contributed by atoms with E-state index in [0.29, 0.717) is 18.3 Å². The summed E-state index contributed by atoms with van der Waals surface area (Å²) in [6.07, 6.45) is 13.4. The van der Waals surface area contributed by atoms with Crippen molar-refractivity contribution in [3.8, 4) is 0 Å². The van der Waals surface area contributed by atoms with E-state index in [0.717, 1.165) is 12.8 Å². The molecule has 0 saturated heterocycles. The zero-order valence-corrected chi connectivity index (χ0v) is 18.4. The van der Waals surface area contributed by atoms with Crippen LogP contribution in [0, 0.1) is 24.7 Å². The molecule has 0 heterocycles. The van der Waals surface area contributed by atoms with Crippen LogP contribution in [0.25, 0.3) is 0 Å². The van der Waals surface area contributed by atoms with Crippen LogP contribution in [0.1, 0.15) is 49.7 Å². The van der Waals surface area contributed by atoms with Crippen molar-refractivity contribution < 1.29 is 10.2 Å². The molecule has 0 bridgehead atoms. The van der Waals surface area contributed by atoms with E-state index in [1.54, 1.807) is 5.57 Å². The lowest BCUT2D eigenvalue weighted by atomic mass is 9.88. The van der Waals surface area contributed by atoms with Crippen LogP contribution in [0.2, 0.25) is 0 Å². The van der Waals surface area contributed by atoms with E-state index < -0.39 is 6.10 Å². The monoisotopic (exact) mass is 397 g/mol. The number of rotatable bonds is 10. The highest BCUT2D eigenvalue weighted by Crippen LogP contribution is 2.48. The van der Waals surface area contributed by atoms with Crippen molar-refractivity contribution in [3.05, 3.63) is 59.2 Å². The van der Waals surface area contributed by atoms with Gasteiger partial charge in [0.2, 0.25) is 0 Å². The maximum absolute atomic E-state index is 10.6. The summed E-state index contributed by atoms with van der Waals surface area (Å²) in [5, 5.41) is 21.0. The lowest BCUT2D eigenvalue weighted by molar-refractivity contribution is 0.140. The number of fused-ring (bicyclic) bond motifs is 1. The first kappa shape index (κ1) is 22.3. The normalized spacial score (nSPS) is 27.6. The number of unbranched alkanes of at least 4 members (excludes halogenated alkanes) is 2. The van der Waals surface area contributed by atoms with Crippen molar-refractivity contribution in [1.29, 1.82) is 0 Å². The molecule has 0 unspecified atom stereocenters. The predicted octanol–water partition coefficient (Wildman–Crippen LogP) is 4.52. The molecule has 1 saturated carbocycles. The van der Waals surface area contributed by atoms with Gasteiger partial charge in [-0.05, 0) is 82.6 Å². The summed E-state index contributed by atoms with van der Waals surface area (Å²) in [6, 6.07) is 8.22. The summed E-state index contributed by atoms with van der Waals surface area (Å²) in [5.74, 6) is 1.21. The second-order valence-corrected chi connectivity index (χ2v) is 9.43. The molecule has 0 radical (unpaired) electrons. The number of nitrogens with zero attached hydrogens (tertiary/aromatic N) is 1. The van der Waals surface area contributed by atoms with Crippen LogP contribution in [0.3, 0.4) is 0 Å². The lowest BCUT2D eigenvalue weighted by Crippen LogP contribution is -2.18. The highest BCUT2D eigenvalue weighted by Gasteiger charge is 2.43. The molecule has 1 aromatic carbocycles. The lowest BCUT2D eigenvalue weighted by Gasteiger charge is -2.19. The fourth-order valence-corrected chi connectivity index (χ4v) is 5.14. The van der Waals surface area contributed by atoms with Crippen LogP contribution >= 0.6 is 0 Å². The molecule has 3 nitrogen and oxygen atoms in total. The molecule has 3 heteroatoms. The summed E-state index contributed by atoms with van der Waals surface area (Å²) in [7, 11) is 4.27. The van der Waals surface area contributed by atoms with Gasteiger partial charge in [-0.25, -0.2) is 0 Å². The molecule has 1 fully saturated rings. The molecule has 0 aliphatic heterocycles. The molecule has 2 N–H and O–H groups in total. The Bertz CT molecular complexity index is 708. The van der Waals surface area contributed by atoms with Gasteiger partial charge in [-0.2, -0.15) is 0 Å². The molecule has 2 aliphatic rings. The quantitative estimate of drug-likeness (QED) is 0.451. The molecular weight excluding hydrogens is 358 g/mol. The Morgan fingerprint density at radius 3 is 2.72 bits per heavy atom. The predicted molar refractivity (Wildman–Crippen MR) is 121 cm³/mol. The van der Waals surface area contributed by atoms with Gasteiger partial charge in [-0.1, -0.05) is 54.5 Å². The number of allylic oxidation sites excluding steroid dienone is 2. The standard InChI is InChI=1S/C26H39NO2/c1-19-9-6-7-11-21(19)17-23(28)12-13-24-25-16-20(15-22(25)18-26(24)29)10-5-4-8-14-27(2)3/h6-7,9,11-13,15,22-26,28-29H,4-5,8,10,14,16-18H2,1-3H3/t22-,23+,24+,25-,26+/m0/s1. The van der Waals surface area contributed by atoms with Crippen molar-refractivity contribution in [3.63, 3.8) is 0 Å². The Morgan fingerprint density at radius 2 is 1.97 bits per heavy atom. The van der Waals surface area contributed by atoms with Crippen molar-refractivity contribution in [2.75, 3.05) is 20.6 Å². The minimum Gasteiger partial charge on any atom is -0.392 e. The number of aliphatic hydroxyl groups is 2. The topological polar surface area (TPSA) is 43.7 Å². The van der Waals surface area contributed by atoms with Crippen molar-refractivity contribution in [2.45, 2.75) is 64.1 Å². The van der Waals surface area contributed by atoms with E-state index in [-0.39, 0.29) is 12.0 Å². The molecule has 29 heavy (non-hydrogen) atoms. The number of benzene rings is 1. The molecule has 3 rings (SSSR count). The van der Waals surface area contributed by atoms with Gasteiger partial charge in [-0.3, -0.25) is 0 Å². The third-order valence-corrected chi connectivity index (χ3v) is 6.80. The summed E-state index contributed by atoms with van der Waals surface area (Å²) in [6.45, 7) is 3.26. The number of hydrogen-bond donors (Lipinski definition) is 2. The van der Waals surface area contributed by atoms with E-state index in [4.69, 9.17) is 0 Å². The first-order valence-electron chi connectivity index (χ1n) is 11.4. The minimum absolute atomic E-state index is 0.175. The Hall–Kier alpha value is -1.42. The van der Waals surface area contributed by atoms with Crippen LogP contribution in [0.5, 0.6) is 0 Å². The zero-order valence-electron chi connectivity index (χ0n) is 18.4. The van der Waals surface area contributed by atoms with Crippen molar-refractivity contribution in [1.82, 2.24) is 4.90 Å². The first-order chi connectivity index (χ1) is 13.9. The molecule has 0 spiro atoms. The number of aryl methyl sites for hydroxylation is 1. The van der Waals surface area contributed by atoms with Gasteiger partial charge in [0.05, 0.1) is 12.2 Å². The molecule has 5 atom stereocenters. The highest BCUT2D eigenvalue weighted by atomic mass is 16.3. The van der Waals surface area contributed by atoms with Gasteiger partial charge < -0.3 is 15.1 Å². The second kappa shape index (κ2) is 10.6. The fraction of sp³-hybridized carbons (Fsp3) is 0.615. The van der Waals surface area contributed by atoms with Crippen LogP contribution in [-0.2, 0) is 6.42 Å². The molecular formula is C26H39NO2. The van der Waals surface area contributed by atoms with E-state index in [2.05, 4.69) is 50.2 Å². The average Bonchev–Trinajstić information content (AvgIpc) is 3.18. The van der Waals surface area contributed by atoms with Gasteiger partial charge in [0.25, 0.3) is 0 Å². The van der Waals surface area contributed by atoms with Crippen LogP contribution in [0.4, 0.5) is 0 Å². The highest BCUT2D eigenvalue weighted by molar-refractivity contribution is 5.27. The van der Waals surface area contributed by atoms with Crippen LogP contribution in [0.15, 0.2) is 48.1 Å². The third-order valence-electron chi connectivity index (χ3n) is 6.80. The van der Waals surface area contributed by atoms with Gasteiger partial charge in [-0.15, -0.1) is 0 Å². The van der Waals surface area contributed by atoms with Crippen molar-refractivity contribution in [2.24, 2.45) is 17.8 Å². The Morgan fingerprint density at radius 1 is 1.17 bits per heavy atom. The van der Waals surface area contributed by atoms with E-state index in [9.17, 15) is 10.2 Å². The van der Waals surface area contributed by atoms with Gasteiger partial charge in [0.15, 0.2) is 0 Å². The summed E-state index contributed by atoms with van der Waals surface area (Å²) in [5.41, 5.74) is 4.00. The van der Waals surface area contributed by atoms with Crippen LogP contribution < -0.4 is 0 Å². The van der Waals surface area contributed by atoms with Gasteiger partial charge >= 0.3 is 0 Å². The molecule has 2 aliphatic carbocycles. The third kappa shape index (κ3) is 6.28. The minimum atomic E-state index is -0.493. The smallest absolute Gasteiger partial charge is 0.0761 e. The second-order valence-electron chi connectivity index (χ2n) is 9.43. The molecule has 160 valence electrons. The Balaban J connectivity index is 1.48. The molecule has 0 aromatic heterocycles.